The lowest BCUT2D eigenvalue weighted by Crippen LogP contribution is -2.35. The van der Waals surface area contributed by atoms with Crippen molar-refractivity contribution in [1.29, 1.82) is 0 Å². The smallest absolute Gasteiger partial charge is 0.0457 e. The van der Waals surface area contributed by atoms with Gasteiger partial charge in [0, 0.05) is 23.1 Å². The van der Waals surface area contributed by atoms with Crippen LogP contribution in [-0.4, -0.2) is 17.6 Å². The summed E-state index contributed by atoms with van der Waals surface area (Å²) >= 11 is 0. The minimum Gasteiger partial charge on any atom is -0.361 e. The Bertz CT molecular complexity index is 547. The van der Waals surface area contributed by atoms with E-state index in [0.717, 1.165) is 6.42 Å². The summed E-state index contributed by atoms with van der Waals surface area (Å²) in [6.07, 6.45) is 7.38. The topological polar surface area (TPSA) is 27.8 Å². The lowest BCUT2D eigenvalue weighted by atomic mass is 9.95. The molecule has 0 saturated carbocycles. The van der Waals surface area contributed by atoms with Gasteiger partial charge in [-0.05, 0) is 55.0 Å². The van der Waals surface area contributed by atoms with E-state index in [1.165, 1.54) is 47.8 Å². The van der Waals surface area contributed by atoms with Crippen LogP contribution in [0.4, 0.5) is 0 Å². The molecule has 3 rings (SSSR count). The van der Waals surface area contributed by atoms with Crippen molar-refractivity contribution >= 4 is 10.9 Å². The van der Waals surface area contributed by atoms with Crippen LogP contribution in [0.2, 0.25) is 0 Å². The van der Waals surface area contributed by atoms with Gasteiger partial charge in [-0.3, -0.25) is 0 Å². The van der Waals surface area contributed by atoms with Gasteiger partial charge in [0.05, 0.1) is 0 Å². The van der Waals surface area contributed by atoms with Crippen LogP contribution >= 0.6 is 0 Å². The van der Waals surface area contributed by atoms with Crippen LogP contribution in [0.1, 0.15) is 50.2 Å². The fourth-order valence-corrected chi connectivity index (χ4v) is 3.09. The average molecular weight is 256 g/mol. The summed E-state index contributed by atoms with van der Waals surface area (Å²) in [5, 5.41) is 5.06. The number of fused-ring (bicyclic) bond motifs is 1. The molecule has 1 aromatic heterocycles. The molecule has 102 valence electrons. The van der Waals surface area contributed by atoms with Gasteiger partial charge < -0.3 is 10.3 Å². The first kappa shape index (κ1) is 12.7. The van der Waals surface area contributed by atoms with Crippen molar-refractivity contribution in [3.8, 4) is 0 Å². The molecule has 0 bridgehead atoms. The van der Waals surface area contributed by atoms with Crippen molar-refractivity contribution in [1.82, 2.24) is 10.3 Å². The van der Waals surface area contributed by atoms with E-state index in [1.807, 2.05) is 0 Å². The highest BCUT2D eigenvalue weighted by atomic mass is 14.9. The third kappa shape index (κ3) is 2.69. The highest BCUT2D eigenvalue weighted by Gasteiger charge is 2.15. The van der Waals surface area contributed by atoms with E-state index in [0.29, 0.717) is 12.0 Å². The number of rotatable bonds is 3. The molecule has 2 aromatic rings. The number of hydrogen-bond acceptors (Lipinski definition) is 1. The predicted molar refractivity (Wildman–Crippen MR) is 81.7 cm³/mol. The molecule has 1 saturated heterocycles. The fourth-order valence-electron chi connectivity index (χ4n) is 3.09. The molecule has 0 aliphatic carbocycles. The maximum atomic E-state index is 3.65. The van der Waals surface area contributed by atoms with Crippen LogP contribution in [0.5, 0.6) is 0 Å². The van der Waals surface area contributed by atoms with E-state index in [2.05, 4.69) is 48.5 Å². The summed E-state index contributed by atoms with van der Waals surface area (Å²) in [7, 11) is 0. The molecule has 19 heavy (non-hydrogen) atoms. The van der Waals surface area contributed by atoms with Gasteiger partial charge in [-0.25, -0.2) is 0 Å². The van der Waals surface area contributed by atoms with Crippen molar-refractivity contribution in [2.75, 3.05) is 6.54 Å². The van der Waals surface area contributed by atoms with E-state index in [9.17, 15) is 0 Å². The first-order valence-electron chi connectivity index (χ1n) is 7.57. The maximum Gasteiger partial charge on any atom is 0.0457 e. The summed E-state index contributed by atoms with van der Waals surface area (Å²) in [5.74, 6) is 0.597. The van der Waals surface area contributed by atoms with Crippen molar-refractivity contribution < 1.29 is 0 Å². The number of H-pyrrole nitrogens is 1. The van der Waals surface area contributed by atoms with E-state index >= 15 is 0 Å². The van der Waals surface area contributed by atoms with Crippen LogP contribution in [0.3, 0.4) is 0 Å². The Morgan fingerprint density at radius 2 is 2.16 bits per heavy atom. The van der Waals surface area contributed by atoms with Crippen LogP contribution in [-0.2, 0) is 6.42 Å². The molecule has 1 unspecified atom stereocenters. The van der Waals surface area contributed by atoms with Gasteiger partial charge in [0.1, 0.15) is 0 Å². The van der Waals surface area contributed by atoms with Crippen LogP contribution < -0.4 is 5.32 Å². The summed E-state index contributed by atoms with van der Waals surface area (Å²) in [4.78, 5) is 3.42. The van der Waals surface area contributed by atoms with Gasteiger partial charge >= 0.3 is 0 Å². The maximum absolute atomic E-state index is 3.65. The number of benzene rings is 1. The fraction of sp³-hybridized carbons (Fsp3) is 0.529. The Labute approximate surface area is 115 Å². The Balaban J connectivity index is 1.87. The first-order valence-corrected chi connectivity index (χ1v) is 7.57. The SMILES string of the molecule is CC(C)c1ccc2[nH]cc(CC3CCCCN3)c2c1. The second-order valence-corrected chi connectivity index (χ2v) is 6.12. The van der Waals surface area contributed by atoms with Gasteiger partial charge in [0.15, 0.2) is 0 Å². The molecular formula is C17H24N2. The normalized spacial score (nSPS) is 20.3. The molecule has 1 fully saturated rings. The minimum absolute atomic E-state index is 0.597. The Morgan fingerprint density at radius 1 is 1.26 bits per heavy atom. The lowest BCUT2D eigenvalue weighted by Gasteiger charge is -2.23. The zero-order valence-corrected chi connectivity index (χ0v) is 12.0. The first-order chi connectivity index (χ1) is 9.24. The van der Waals surface area contributed by atoms with Crippen molar-refractivity contribution in [3.63, 3.8) is 0 Å². The van der Waals surface area contributed by atoms with E-state index in [1.54, 1.807) is 0 Å². The Morgan fingerprint density at radius 3 is 2.89 bits per heavy atom. The third-order valence-corrected chi connectivity index (χ3v) is 4.34. The standard InChI is InChI=1S/C17H24N2/c1-12(2)13-6-7-17-16(10-13)14(11-19-17)9-15-5-3-4-8-18-15/h6-7,10-12,15,18-19H,3-5,8-9H2,1-2H3. The molecule has 1 aromatic carbocycles. The second-order valence-electron chi connectivity index (χ2n) is 6.12. The Hall–Kier alpha value is -1.28. The van der Waals surface area contributed by atoms with Crippen molar-refractivity contribution in [3.05, 3.63) is 35.5 Å². The molecular weight excluding hydrogens is 232 g/mol. The summed E-state index contributed by atoms with van der Waals surface area (Å²) in [5.41, 5.74) is 4.18. The number of nitrogens with one attached hydrogen (secondary N) is 2. The zero-order valence-electron chi connectivity index (χ0n) is 12.0. The van der Waals surface area contributed by atoms with E-state index in [4.69, 9.17) is 0 Å². The van der Waals surface area contributed by atoms with Gasteiger partial charge in [-0.15, -0.1) is 0 Å². The highest BCUT2D eigenvalue weighted by molar-refractivity contribution is 5.84. The molecule has 1 atom stereocenters. The third-order valence-electron chi connectivity index (χ3n) is 4.34. The zero-order chi connectivity index (χ0) is 13.2. The largest absolute Gasteiger partial charge is 0.361 e. The highest BCUT2D eigenvalue weighted by Crippen LogP contribution is 2.25. The van der Waals surface area contributed by atoms with Crippen molar-refractivity contribution in [2.45, 2.75) is 51.5 Å². The Kier molecular flexibility index (Phi) is 3.61. The molecule has 2 heteroatoms. The summed E-state index contributed by atoms with van der Waals surface area (Å²) in [6.45, 7) is 5.70. The molecule has 2 nitrogen and oxygen atoms in total. The summed E-state index contributed by atoms with van der Waals surface area (Å²) in [6, 6.07) is 7.50. The molecule has 2 N–H and O–H groups in total. The quantitative estimate of drug-likeness (QED) is 0.854. The number of aromatic amines is 1. The number of piperidine rings is 1. The van der Waals surface area contributed by atoms with E-state index in [-0.39, 0.29) is 0 Å². The van der Waals surface area contributed by atoms with Crippen LogP contribution in [0, 0.1) is 0 Å². The lowest BCUT2D eigenvalue weighted by molar-refractivity contribution is 0.400. The molecule has 1 aliphatic rings. The van der Waals surface area contributed by atoms with Gasteiger partial charge in [0.25, 0.3) is 0 Å². The second kappa shape index (κ2) is 5.38. The van der Waals surface area contributed by atoms with E-state index < -0.39 is 0 Å². The molecule has 0 spiro atoms. The van der Waals surface area contributed by atoms with Gasteiger partial charge in [0.2, 0.25) is 0 Å². The van der Waals surface area contributed by atoms with Gasteiger partial charge in [-0.2, -0.15) is 0 Å². The summed E-state index contributed by atoms with van der Waals surface area (Å²) < 4.78 is 0. The van der Waals surface area contributed by atoms with Crippen LogP contribution in [0.25, 0.3) is 10.9 Å². The molecule has 1 aliphatic heterocycles. The van der Waals surface area contributed by atoms with Crippen molar-refractivity contribution in [2.24, 2.45) is 0 Å². The minimum atomic E-state index is 0.597. The number of aromatic nitrogens is 1. The number of hydrogen-bond donors (Lipinski definition) is 2. The van der Waals surface area contributed by atoms with Gasteiger partial charge in [-0.1, -0.05) is 26.3 Å². The molecule has 0 radical (unpaired) electrons. The monoisotopic (exact) mass is 256 g/mol. The predicted octanol–water partition coefficient (Wildman–Crippen LogP) is 3.98. The molecule has 2 heterocycles. The molecule has 0 amide bonds. The average Bonchev–Trinajstić information content (AvgIpc) is 2.82. The van der Waals surface area contributed by atoms with Crippen LogP contribution in [0.15, 0.2) is 24.4 Å².